The molecule has 0 aromatic carbocycles. The number of amides is 4. The van der Waals surface area contributed by atoms with Crippen LogP contribution in [0.25, 0.3) is 0 Å². The van der Waals surface area contributed by atoms with Gasteiger partial charge in [0.05, 0.1) is 12.1 Å². The van der Waals surface area contributed by atoms with E-state index in [0.717, 1.165) is 25.7 Å². The monoisotopic (exact) mass is 230 g/mol. The fraction of sp³-hybridized carbons (Fsp3) is 0.800. The molecule has 0 unspecified atom stereocenters. The van der Waals surface area contributed by atoms with Crippen LogP contribution in [0.2, 0.25) is 0 Å². The first-order chi connectivity index (χ1) is 7.51. The van der Waals surface area contributed by atoms with Crippen LogP contribution in [0, 0.1) is 0 Å². The van der Waals surface area contributed by atoms with Crippen LogP contribution in [0.4, 0.5) is 9.59 Å². The molecule has 0 fully saturated rings. The highest BCUT2D eigenvalue weighted by Gasteiger charge is 2.22. The summed E-state index contributed by atoms with van der Waals surface area (Å²) in [5.74, 6) is 0. The Morgan fingerprint density at radius 3 is 1.44 bits per heavy atom. The van der Waals surface area contributed by atoms with Gasteiger partial charge >= 0.3 is 12.1 Å². The number of carbonyl (C=O) groups excluding carboxylic acids is 2. The van der Waals surface area contributed by atoms with Gasteiger partial charge in [0.1, 0.15) is 0 Å². The van der Waals surface area contributed by atoms with Gasteiger partial charge in [0.15, 0.2) is 0 Å². The SMILES string of the molecule is CCC[C@H](NC(N)=O)[C@@H](CCC)NC(N)=O. The van der Waals surface area contributed by atoms with Gasteiger partial charge < -0.3 is 22.1 Å². The quantitative estimate of drug-likeness (QED) is 0.515. The van der Waals surface area contributed by atoms with Gasteiger partial charge in [0.25, 0.3) is 0 Å². The van der Waals surface area contributed by atoms with Gasteiger partial charge in [-0.25, -0.2) is 9.59 Å². The van der Waals surface area contributed by atoms with Crippen molar-refractivity contribution in [3.63, 3.8) is 0 Å². The summed E-state index contributed by atoms with van der Waals surface area (Å²) in [5.41, 5.74) is 10.2. The highest BCUT2D eigenvalue weighted by Crippen LogP contribution is 2.08. The summed E-state index contributed by atoms with van der Waals surface area (Å²) in [6.45, 7) is 4.01. The Balaban J connectivity index is 4.49. The Bertz CT molecular complexity index is 209. The van der Waals surface area contributed by atoms with Crippen molar-refractivity contribution in [1.29, 1.82) is 0 Å². The largest absolute Gasteiger partial charge is 0.352 e. The topological polar surface area (TPSA) is 110 Å². The Morgan fingerprint density at radius 2 is 1.25 bits per heavy atom. The third kappa shape index (κ3) is 6.10. The zero-order valence-electron chi connectivity index (χ0n) is 9.95. The summed E-state index contributed by atoms with van der Waals surface area (Å²) >= 11 is 0. The van der Waals surface area contributed by atoms with Crippen LogP contribution in [-0.2, 0) is 0 Å². The van der Waals surface area contributed by atoms with Crippen LogP contribution in [0.5, 0.6) is 0 Å². The number of urea groups is 2. The Labute approximate surface area is 96.1 Å². The summed E-state index contributed by atoms with van der Waals surface area (Å²) in [6, 6.07) is -1.47. The minimum absolute atomic E-state index is 0.157. The van der Waals surface area contributed by atoms with Gasteiger partial charge in [-0.2, -0.15) is 0 Å². The first kappa shape index (κ1) is 14.5. The second-order valence-corrected chi connectivity index (χ2v) is 3.81. The summed E-state index contributed by atoms with van der Waals surface area (Å²) in [6.07, 6.45) is 3.30. The lowest BCUT2D eigenvalue weighted by Crippen LogP contribution is -2.53. The molecule has 16 heavy (non-hydrogen) atoms. The van der Waals surface area contributed by atoms with Gasteiger partial charge in [-0.15, -0.1) is 0 Å². The van der Waals surface area contributed by atoms with E-state index in [1.165, 1.54) is 0 Å². The van der Waals surface area contributed by atoms with Crippen molar-refractivity contribution >= 4 is 12.1 Å². The highest BCUT2D eigenvalue weighted by atomic mass is 16.2. The fourth-order valence-corrected chi connectivity index (χ4v) is 1.74. The second-order valence-electron chi connectivity index (χ2n) is 3.81. The van der Waals surface area contributed by atoms with Crippen molar-refractivity contribution in [3.8, 4) is 0 Å². The molecular formula is C10H22N4O2. The molecule has 6 nitrogen and oxygen atoms in total. The predicted molar refractivity (Wildman–Crippen MR) is 62.8 cm³/mol. The van der Waals surface area contributed by atoms with Crippen LogP contribution in [0.3, 0.4) is 0 Å². The molecule has 4 amide bonds. The van der Waals surface area contributed by atoms with Crippen LogP contribution >= 0.6 is 0 Å². The van der Waals surface area contributed by atoms with Crippen molar-refractivity contribution in [2.45, 2.75) is 51.6 Å². The van der Waals surface area contributed by atoms with Gasteiger partial charge in [0, 0.05) is 0 Å². The molecule has 94 valence electrons. The number of primary amides is 2. The molecule has 0 saturated heterocycles. The number of hydrogen-bond acceptors (Lipinski definition) is 2. The van der Waals surface area contributed by atoms with Crippen LogP contribution in [-0.4, -0.2) is 24.1 Å². The van der Waals surface area contributed by atoms with E-state index in [1.807, 2.05) is 13.8 Å². The lowest BCUT2D eigenvalue weighted by Gasteiger charge is -2.27. The molecule has 0 rings (SSSR count). The number of carbonyl (C=O) groups is 2. The minimum Gasteiger partial charge on any atom is -0.352 e. The van der Waals surface area contributed by atoms with Crippen LogP contribution in [0.1, 0.15) is 39.5 Å². The first-order valence-electron chi connectivity index (χ1n) is 5.63. The van der Waals surface area contributed by atoms with Gasteiger partial charge in [0.2, 0.25) is 0 Å². The average Bonchev–Trinajstić information content (AvgIpc) is 2.15. The number of nitrogens with one attached hydrogen (secondary N) is 2. The van der Waals surface area contributed by atoms with E-state index in [9.17, 15) is 9.59 Å². The molecule has 6 N–H and O–H groups in total. The maximum absolute atomic E-state index is 10.8. The minimum atomic E-state index is -0.578. The molecule has 0 radical (unpaired) electrons. The lowest BCUT2D eigenvalue weighted by atomic mass is 9.99. The van der Waals surface area contributed by atoms with Crippen molar-refractivity contribution in [2.75, 3.05) is 0 Å². The molecule has 0 saturated carbocycles. The summed E-state index contributed by atoms with van der Waals surface area (Å²) < 4.78 is 0. The van der Waals surface area contributed by atoms with E-state index in [0.29, 0.717) is 0 Å². The fourth-order valence-electron chi connectivity index (χ4n) is 1.74. The van der Waals surface area contributed by atoms with E-state index >= 15 is 0 Å². The van der Waals surface area contributed by atoms with Gasteiger partial charge in [-0.1, -0.05) is 26.7 Å². The zero-order chi connectivity index (χ0) is 12.6. The van der Waals surface area contributed by atoms with Crippen molar-refractivity contribution < 1.29 is 9.59 Å². The average molecular weight is 230 g/mol. The molecule has 0 spiro atoms. The van der Waals surface area contributed by atoms with E-state index in [4.69, 9.17) is 11.5 Å². The molecular weight excluding hydrogens is 208 g/mol. The summed E-state index contributed by atoms with van der Waals surface area (Å²) in [7, 11) is 0. The maximum Gasteiger partial charge on any atom is 0.312 e. The first-order valence-corrected chi connectivity index (χ1v) is 5.63. The molecule has 0 aromatic heterocycles. The molecule has 0 aromatic rings. The molecule has 2 atom stereocenters. The molecule has 6 heteroatoms. The normalized spacial score (nSPS) is 13.9. The Morgan fingerprint density at radius 1 is 0.938 bits per heavy atom. The standard InChI is InChI=1S/C10H22N4O2/c1-3-5-7(13-9(11)15)8(6-4-2)14-10(12)16/h7-8H,3-6H2,1-2H3,(H3,11,13,15)(H3,12,14,16)/t7-,8+. The van der Waals surface area contributed by atoms with Crippen molar-refractivity contribution in [1.82, 2.24) is 10.6 Å². The zero-order valence-corrected chi connectivity index (χ0v) is 9.95. The van der Waals surface area contributed by atoms with Crippen molar-refractivity contribution in [3.05, 3.63) is 0 Å². The highest BCUT2D eigenvalue weighted by molar-refractivity contribution is 5.73. The molecule has 0 aliphatic heterocycles. The Kier molecular flexibility index (Phi) is 7.07. The van der Waals surface area contributed by atoms with E-state index in [1.54, 1.807) is 0 Å². The molecule has 0 aliphatic rings. The number of hydrogen-bond donors (Lipinski definition) is 4. The maximum atomic E-state index is 10.8. The van der Waals surface area contributed by atoms with E-state index in [2.05, 4.69) is 10.6 Å². The Hall–Kier alpha value is -1.46. The third-order valence-corrected chi connectivity index (χ3v) is 2.34. The molecule has 0 heterocycles. The third-order valence-electron chi connectivity index (χ3n) is 2.34. The summed E-state index contributed by atoms with van der Waals surface area (Å²) in [4.78, 5) is 21.7. The summed E-state index contributed by atoms with van der Waals surface area (Å²) in [5, 5.41) is 5.28. The van der Waals surface area contributed by atoms with E-state index < -0.39 is 12.1 Å². The molecule has 0 aliphatic carbocycles. The van der Waals surface area contributed by atoms with Crippen LogP contribution in [0.15, 0.2) is 0 Å². The smallest absolute Gasteiger partial charge is 0.312 e. The number of rotatable bonds is 7. The predicted octanol–water partition coefficient (Wildman–Crippen LogP) is 0.660. The van der Waals surface area contributed by atoms with Gasteiger partial charge in [-0.3, -0.25) is 0 Å². The van der Waals surface area contributed by atoms with Crippen LogP contribution < -0.4 is 22.1 Å². The lowest BCUT2D eigenvalue weighted by molar-refractivity contribution is 0.229. The second kappa shape index (κ2) is 7.78. The molecule has 0 bridgehead atoms. The van der Waals surface area contributed by atoms with Crippen molar-refractivity contribution in [2.24, 2.45) is 11.5 Å². The van der Waals surface area contributed by atoms with E-state index in [-0.39, 0.29) is 12.1 Å². The van der Waals surface area contributed by atoms with Gasteiger partial charge in [-0.05, 0) is 12.8 Å². The number of nitrogens with two attached hydrogens (primary N) is 2.